The van der Waals surface area contributed by atoms with Crippen LogP contribution >= 0.6 is 11.8 Å². The standard InChI is InChI=1S/C10H16O6S/c1-3-9(15)5(7(11)12)17-6(8(13)14)10(9,16)4-2/h5-6,15-16H,3-4H2,1-2H3,(H,11,12)(H,13,14). The molecule has 0 aliphatic carbocycles. The fourth-order valence-corrected chi connectivity index (χ4v) is 4.02. The van der Waals surface area contributed by atoms with Crippen molar-refractivity contribution in [3.63, 3.8) is 0 Å². The number of carboxylic acids is 2. The zero-order valence-electron chi connectivity index (χ0n) is 9.58. The van der Waals surface area contributed by atoms with Crippen LogP contribution in [0.3, 0.4) is 0 Å². The second kappa shape index (κ2) is 4.47. The largest absolute Gasteiger partial charge is 0.480 e. The van der Waals surface area contributed by atoms with Gasteiger partial charge in [-0.05, 0) is 12.8 Å². The number of thioether (sulfide) groups is 1. The molecule has 1 fully saturated rings. The highest BCUT2D eigenvalue weighted by Crippen LogP contribution is 2.52. The third-order valence-electron chi connectivity index (χ3n) is 3.42. The van der Waals surface area contributed by atoms with E-state index < -0.39 is 33.6 Å². The van der Waals surface area contributed by atoms with Crippen LogP contribution in [0.4, 0.5) is 0 Å². The third kappa shape index (κ3) is 1.82. The summed E-state index contributed by atoms with van der Waals surface area (Å²) in [7, 11) is 0. The molecule has 1 heterocycles. The van der Waals surface area contributed by atoms with E-state index in [0.717, 1.165) is 0 Å². The zero-order valence-corrected chi connectivity index (χ0v) is 10.4. The number of aliphatic hydroxyl groups is 2. The molecule has 17 heavy (non-hydrogen) atoms. The van der Waals surface area contributed by atoms with E-state index in [1.54, 1.807) is 0 Å². The summed E-state index contributed by atoms with van der Waals surface area (Å²) in [6.45, 7) is 3.06. The number of hydrogen-bond donors (Lipinski definition) is 4. The van der Waals surface area contributed by atoms with E-state index in [1.165, 1.54) is 13.8 Å². The van der Waals surface area contributed by atoms with Gasteiger partial charge >= 0.3 is 11.9 Å². The van der Waals surface area contributed by atoms with Gasteiger partial charge in [0.05, 0.1) is 0 Å². The van der Waals surface area contributed by atoms with Gasteiger partial charge in [0.25, 0.3) is 0 Å². The summed E-state index contributed by atoms with van der Waals surface area (Å²) in [6.07, 6.45) is -0.0455. The maximum atomic E-state index is 11.1. The third-order valence-corrected chi connectivity index (χ3v) is 5.14. The fourth-order valence-electron chi connectivity index (χ4n) is 2.32. The predicted molar refractivity (Wildman–Crippen MR) is 60.9 cm³/mol. The molecule has 0 radical (unpaired) electrons. The Labute approximate surface area is 103 Å². The van der Waals surface area contributed by atoms with E-state index in [-0.39, 0.29) is 12.8 Å². The average molecular weight is 264 g/mol. The lowest BCUT2D eigenvalue weighted by molar-refractivity contribution is -0.173. The van der Waals surface area contributed by atoms with Gasteiger partial charge in [-0.15, -0.1) is 11.8 Å². The SMILES string of the molecule is CCC1(O)C(C(=O)O)SC(C(=O)O)C1(O)CC. The molecule has 0 aromatic carbocycles. The van der Waals surface area contributed by atoms with Gasteiger partial charge in [-0.1, -0.05) is 13.8 Å². The lowest BCUT2D eigenvalue weighted by Crippen LogP contribution is -2.61. The lowest BCUT2D eigenvalue weighted by Gasteiger charge is -2.39. The van der Waals surface area contributed by atoms with E-state index in [1.807, 2.05) is 0 Å². The van der Waals surface area contributed by atoms with Crippen molar-refractivity contribution in [1.29, 1.82) is 0 Å². The van der Waals surface area contributed by atoms with Gasteiger partial charge in [0, 0.05) is 0 Å². The zero-order chi connectivity index (χ0) is 13.4. The summed E-state index contributed by atoms with van der Waals surface area (Å²) in [6, 6.07) is 0. The minimum atomic E-state index is -1.93. The Kier molecular flexibility index (Phi) is 3.75. The van der Waals surface area contributed by atoms with E-state index in [9.17, 15) is 19.8 Å². The fraction of sp³-hybridized carbons (Fsp3) is 0.800. The van der Waals surface area contributed by atoms with Gasteiger partial charge in [-0.25, -0.2) is 0 Å². The molecule has 7 heteroatoms. The highest BCUT2D eigenvalue weighted by molar-refractivity contribution is 8.02. The second-order valence-corrected chi connectivity index (χ2v) is 5.34. The molecule has 4 unspecified atom stereocenters. The molecule has 6 nitrogen and oxygen atoms in total. The second-order valence-electron chi connectivity index (χ2n) is 4.13. The topological polar surface area (TPSA) is 115 Å². The quantitative estimate of drug-likeness (QED) is 0.561. The molecule has 1 rings (SSSR count). The first kappa shape index (κ1) is 14.3. The minimum Gasteiger partial charge on any atom is -0.480 e. The lowest BCUT2D eigenvalue weighted by atomic mass is 9.74. The minimum absolute atomic E-state index is 0.0227. The van der Waals surface area contributed by atoms with Crippen molar-refractivity contribution >= 4 is 23.7 Å². The molecule has 0 bridgehead atoms. The van der Waals surface area contributed by atoms with Crippen molar-refractivity contribution in [3.8, 4) is 0 Å². The maximum Gasteiger partial charge on any atom is 0.319 e. The molecule has 98 valence electrons. The van der Waals surface area contributed by atoms with Crippen molar-refractivity contribution in [2.45, 2.75) is 48.4 Å². The van der Waals surface area contributed by atoms with Crippen LogP contribution in [0.1, 0.15) is 26.7 Å². The Balaban J connectivity index is 3.29. The van der Waals surface area contributed by atoms with Crippen LogP contribution in [-0.4, -0.2) is 54.1 Å². The van der Waals surface area contributed by atoms with Crippen LogP contribution in [0.25, 0.3) is 0 Å². The van der Waals surface area contributed by atoms with Crippen LogP contribution in [0.15, 0.2) is 0 Å². The highest BCUT2D eigenvalue weighted by atomic mass is 32.2. The number of hydrogen-bond acceptors (Lipinski definition) is 5. The molecule has 0 amide bonds. The summed E-state index contributed by atoms with van der Waals surface area (Å²) in [5, 5.41) is 36.1. The molecule has 1 aliphatic rings. The molecular formula is C10H16O6S. The van der Waals surface area contributed by atoms with Crippen molar-refractivity contribution in [1.82, 2.24) is 0 Å². The van der Waals surface area contributed by atoms with Gasteiger partial charge in [0.1, 0.15) is 21.7 Å². The van der Waals surface area contributed by atoms with Crippen molar-refractivity contribution in [2.75, 3.05) is 0 Å². The van der Waals surface area contributed by atoms with Crippen LogP contribution in [0, 0.1) is 0 Å². The van der Waals surface area contributed by atoms with Crippen molar-refractivity contribution < 1.29 is 30.0 Å². The van der Waals surface area contributed by atoms with Crippen molar-refractivity contribution in [3.05, 3.63) is 0 Å². The first-order chi connectivity index (χ1) is 7.74. The molecular weight excluding hydrogens is 248 g/mol. The molecule has 0 saturated carbocycles. The van der Waals surface area contributed by atoms with Gasteiger partial charge in [0.15, 0.2) is 0 Å². The molecule has 0 aromatic heterocycles. The molecule has 1 saturated heterocycles. The van der Waals surface area contributed by atoms with Gasteiger partial charge < -0.3 is 20.4 Å². The van der Waals surface area contributed by atoms with Crippen molar-refractivity contribution in [2.24, 2.45) is 0 Å². The van der Waals surface area contributed by atoms with E-state index in [4.69, 9.17) is 10.2 Å². The Morgan fingerprint density at radius 2 is 1.29 bits per heavy atom. The maximum absolute atomic E-state index is 11.1. The number of aliphatic carboxylic acids is 2. The van der Waals surface area contributed by atoms with Gasteiger partial charge in [-0.3, -0.25) is 9.59 Å². The van der Waals surface area contributed by atoms with Crippen LogP contribution in [0.2, 0.25) is 0 Å². The summed E-state index contributed by atoms with van der Waals surface area (Å²) in [5.74, 6) is -2.62. The van der Waals surface area contributed by atoms with Gasteiger partial charge in [-0.2, -0.15) is 0 Å². The summed E-state index contributed by atoms with van der Waals surface area (Å²) in [4.78, 5) is 22.1. The molecule has 4 atom stereocenters. The Bertz CT molecular complexity index is 314. The highest BCUT2D eigenvalue weighted by Gasteiger charge is 2.67. The first-order valence-corrected chi connectivity index (χ1v) is 6.24. The smallest absolute Gasteiger partial charge is 0.319 e. The Hall–Kier alpha value is -0.790. The number of carboxylic acid groups (broad SMARTS) is 2. The van der Waals surface area contributed by atoms with Crippen LogP contribution < -0.4 is 0 Å². The number of carbonyl (C=O) groups is 2. The van der Waals surface area contributed by atoms with E-state index >= 15 is 0 Å². The first-order valence-electron chi connectivity index (χ1n) is 5.30. The summed E-state index contributed by atoms with van der Waals surface area (Å²) >= 11 is 0.591. The summed E-state index contributed by atoms with van der Waals surface area (Å²) in [5.41, 5.74) is -3.86. The molecule has 1 aliphatic heterocycles. The summed E-state index contributed by atoms with van der Waals surface area (Å²) < 4.78 is 0. The predicted octanol–water partition coefficient (Wildman–Crippen LogP) is -0.0782. The normalized spacial score (nSPS) is 41.4. The van der Waals surface area contributed by atoms with Crippen LogP contribution in [0.5, 0.6) is 0 Å². The molecule has 4 N–H and O–H groups in total. The van der Waals surface area contributed by atoms with E-state index in [0.29, 0.717) is 11.8 Å². The Morgan fingerprint density at radius 1 is 1.00 bits per heavy atom. The number of rotatable bonds is 4. The molecule has 0 spiro atoms. The van der Waals surface area contributed by atoms with E-state index in [2.05, 4.69) is 0 Å². The molecule has 0 aromatic rings. The van der Waals surface area contributed by atoms with Gasteiger partial charge in [0.2, 0.25) is 0 Å². The Morgan fingerprint density at radius 3 is 1.47 bits per heavy atom. The average Bonchev–Trinajstić information content (AvgIpc) is 2.50. The monoisotopic (exact) mass is 264 g/mol. The van der Waals surface area contributed by atoms with Crippen LogP contribution in [-0.2, 0) is 9.59 Å².